The summed E-state index contributed by atoms with van der Waals surface area (Å²) in [6, 6.07) is 0. The SMILES string of the molecule is CCc1cnc(CSc2nc(C)nc(C)c2C(C)=O)o1. The lowest BCUT2D eigenvalue weighted by atomic mass is 10.2. The summed E-state index contributed by atoms with van der Waals surface area (Å²) in [7, 11) is 0. The molecule has 0 atom stereocenters. The second kappa shape index (κ2) is 6.17. The number of hydrogen-bond donors (Lipinski definition) is 0. The average molecular weight is 291 g/mol. The summed E-state index contributed by atoms with van der Waals surface area (Å²) >= 11 is 1.45. The predicted octanol–water partition coefficient (Wildman–Crippen LogP) is 3.14. The van der Waals surface area contributed by atoms with Crippen LogP contribution in [0.5, 0.6) is 0 Å². The molecule has 0 radical (unpaired) electrons. The highest BCUT2D eigenvalue weighted by atomic mass is 32.2. The van der Waals surface area contributed by atoms with E-state index in [0.717, 1.165) is 12.2 Å². The number of Topliss-reactive ketones (excluding diaryl/α,β-unsaturated/α-hetero) is 1. The van der Waals surface area contributed by atoms with E-state index in [1.165, 1.54) is 18.7 Å². The summed E-state index contributed by atoms with van der Waals surface area (Å²) in [5.74, 6) is 2.71. The van der Waals surface area contributed by atoms with Crippen molar-refractivity contribution in [1.82, 2.24) is 15.0 Å². The molecule has 2 aromatic heterocycles. The maximum absolute atomic E-state index is 11.7. The first-order valence-electron chi connectivity index (χ1n) is 6.43. The molecular weight excluding hydrogens is 274 g/mol. The number of rotatable bonds is 5. The minimum Gasteiger partial charge on any atom is -0.445 e. The minimum absolute atomic E-state index is 0.0216. The zero-order valence-electron chi connectivity index (χ0n) is 12.1. The van der Waals surface area contributed by atoms with Crippen LogP contribution in [0.2, 0.25) is 0 Å². The number of carbonyl (C=O) groups excluding carboxylic acids is 1. The largest absolute Gasteiger partial charge is 0.445 e. The summed E-state index contributed by atoms with van der Waals surface area (Å²) in [5.41, 5.74) is 1.30. The molecule has 6 heteroatoms. The molecule has 0 spiro atoms. The molecule has 106 valence electrons. The van der Waals surface area contributed by atoms with Crippen LogP contribution < -0.4 is 0 Å². The van der Waals surface area contributed by atoms with Crippen molar-refractivity contribution in [1.29, 1.82) is 0 Å². The van der Waals surface area contributed by atoms with Crippen molar-refractivity contribution < 1.29 is 9.21 Å². The Kier molecular flexibility index (Phi) is 4.54. The van der Waals surface area contributed by atoms with Gasteiger partial charge in [-0.15, -0.1) is 0 Å². The number of carbonyl (C=O) groups is 1. The lowest BCUT2D eigenvalue weighted by Crippen LogP contribution is -2.06. The van der Waals surface area contributed by atoms with Crippen LogP contribution in [0.25, 0.3) is 0 Å². The molecule has 0 aliphatic rings. The van der Waals surface area contributed by atoms with Gasteiger partial charge in [-0.25, -0.2) is 15.0 Å². The fraction of sp³-hybridized carbons (Fsp3) is 0.429. The average Bonchev–Trinajstić information content (AvgIpc) is 2.82. The van der Waals surface area contributed by atoms with Crippen LogP contribution in [0.1, 0.15) is 47.4 Å². The Balaban J connectivity index is 2.22. The molecule has 2 aromatic rings. The molecule has 0 N–H and O–H groups in total. The van der Waals surface area contributed by atoms with Gasteiger partial charge in [0.25, 0.3) is 0 Å². The molecule has 0 saturated carbocycles. The first kappa shape index (κ1) is 14.7. The van der Waals surface area contributed by atoms with Gasteiger partial charge in [0.2, 0.25) is 5.89 Å². The van der Waals surface area contributed by atoms with E-state index in [9.17, 15) is 4.79 Å². The van der Waals surface area contributed by atoms with Crippen LogP contribution >= 0.6 is 11.8 Å². The van der Waals surface area contributed by atoms with Gasteiger partial charge in [-0.2, -0.15) is 0 Å². The fourth-order valence-corrected chi connectivity index (χ4v) is 2.93. The van der Waals surface area contributed by atoms with Crippen molar-refractivity contribution in [2.24, 2.45) is 0 Å². The lowest BCUT2D eigenvalue weighted by Gasteiger charge is -2.08. The van der Waals surface area contributed by atoms with E-state index < -0.39 is 0 Å². The monoisotopic (exact) mass is 291 g/mol. The highest BCUT2D eigenvalue weighted by molar-refractivity contribution is 7.98. The maximum Gasteiger partial charge on any atom is 0.204 e. The summed E-state index contributed by atoms with van der Waals surface area (Å²) in [4.78, 5) is 24.5. The molecule has 20 heavy (non-hydrogen) atoms. The number of thioether (sulfide) groups is 1. The Labute approximate surface area is 122 Å². The second-order valence-corrected chi connectivity index (χ2v) is 5.42. The van der Waals surface area contributed by atoms with Gasteiger partial charge in [-0.05, 0) is 20.8 Å². The van der Waals surface area contributed by atoms with Gasteiger partial charge < -0.3 is 4.42 Å². The summed E-state index contributed by atoms with van der Waals surface area (Å²) in [6.45, 7) is 7.20. The van der Waals surface area contributed by atoms with E-state index in [1.807, 2.05) is 20.8 Å². The van der Waals surface area contributed by atoms with Crippen LogP contribution in [-0.2, 0) is 12.2 Å². The normalized spacial score (nSPS) is 10.8. The Morgan fingerprint density at radius 1 is 1.35 bits per heavy atom. The maximum atomic E-state index is 11.7. The number of ketones is 1. The van der Waals surface area contributed by atoms with Crippen LogP contribution in [0, 0.1) is 13.8 Å². The molecule has 0 saturated heterocycles. The molecule has 2 heterocycles. The third-order valence-electron chi connectivity index (χ3n) is 2.80. The topological polar surface area (TPSA) is 68.9 Å². The molecule has 0 bridgehead atoms. The van der Waals surface area contributed by atoms with E-state index in [4.69, 9.17) is 4.42 Å². The third-order valence-corrected chi connectivity index (χ3v) is 3.76. The Morgan fingerprint density at radius 3 is 2.70 bits per heavy atom. The van der Waals surface area contributed by atoms with E-state index >= 15 is 0 Å². The van der Waals surface area contributed by atoms with Crippen LogP contribution in [0.3, 0.4) is 0 Å². The first-order chi connectivity index (χ1) is 9.51. The van der Waals surface area contributed by atoms with Gasteiger partial charge in [0.05, 0.1) is 23.2 Å². The van der Waals surface area contributed by atoms with Crippen molar-refractivity contribution >= 4 is 17.5 Å². The molecule has 0 aliphatic carbocycles. The Hall–Kier alpha value is -1.69. The number of aryl methyl sites for hydroxylation is 3. The summed E-state index contributed by atoms with van der Waals surface area (Å²) in [5, 5.41) is 0.693. The summed E-state index contributed by atoms with van der Waals surface area (Å²) < 4.78 is 5.56. The van der Waals surface area contributed by atoms with E-state index in [0.29, 0.717) is 33.8 Å². The van der Waals surface area contributed by atoms with Gasteiger partial charge >= 0.3 is 0 Å². The number of hydrogen-bond acceptors (Lipinski definition) is 6. The van der Waals surface area contributed by atoms with Gasteiger partial charge in [0.1, 0.15) is 16.6 Å². The number of aromatic nitrogens is 3. The van der Waals surface area contributed by atoms with Crippen molar-refractivity contribution in [2.75, 3.05) is 0 Å². The van der Waals surface area contributed by atoms with Crippen molar-refractivity contribution in [2.45, 2.75) is 44.9 Å². The van der Waals surface area contributed by atoms with Crippen molar-refractivity contribution in [3.05, 3.63) is 34.9 Å². The van der Waals surface area contributed by atoms with Gasteiger partial charge in [-0.3, -0.25) is 4.79 Å². The molecule has 0 unspecified atom stereocenters. The predicted molar refractivity (Wildman–Crippen MR) is 77.0 cm³/mol. The highest BCUT2D eigenvalue weighted by Crippen LogP contribution is 2.26. The van der Waals surface area contributed by atoms with Crippen LogP contribution in [0.4, 0.5) is 0 Å². The molecule has 2 rings (SSSR count). The van der Waals surface area contributed by atoms with Crippen molar-refractivity contribution in [3.8, 4) is 0 Å². The molecule has 0 aliphatic heterocycles. The second-order valence-electron chi connectivity index (χ2n) is 4.46. The third kappa shape index (κ3) is 3.25. The standard InChI is InChI=1S/C14H17N3O2S/c1-5-11-6-15-12(19-11)7-20-14-13(9(3)18)8(2)16-10(4)17-14/h6H,5,7H2,1-4H3. The molecule has 0 aromatic carbocycles. The Morgan fingerprint density at radius 2 is 2.10 bits per heavy atom. The van der Waals surface area contributed by atoms with Crippen molar-refractivity contribution in [3.63, 3.8) is 0 Å². The molecular formula is C14H17N3O2S. The van der Waals surface area contributed by atoms with Gasteiger partial charge in [-0.1, -0.05) is 18.7 Å². The van der Waals surface area contributed by atoms with Gasteiger partial charge in [0, 0.05) is 6.42 Å². The minimum atomic E-state index is -0.0216. The first-order valence-corrected chi connectivity index (χ1v) is 7.42. The van der Waals surface area contributed by atoms with Crippen LogP contribution in [-0.4, -0.2) is 20.7 Å². The highest BCUT2D eigenvalue weighted by Gasteiger charge is 2.16. The molecule has 0 amide bonds. The van der Waals surface area contributed by atoms with E-state index in [-0.39, 0.29) is 5.78 Å². The number of nitrogens with zero attached hydrogens (tertiary/aromatic N) is 3. The number of oxazole rings is 1. The van der Waals surface area contributed by atoms with E-state index in [1.54, 1.807) is 6.20 Å². The zero-order valence-corrected chi connectivity index (χ0v) is 12.9. The Bertz CT molecular complexity index is 637. The molecule has 5 nitrogen and oxygen atoms in total. The van der Waals surface area contributed by atoms with E-state index in [2.05, 4.69) is 15.0 Å². The van der Waals surface area contributed by atoms with Gasteiger partial charge in [0.15, 0.2) is 5.78 Å². The summed E-state index contributed by atoms with van der Waals surface area (Å²) in [6.07, 6.45) is 2.56. The molecule has 0 fully saturated rings. The zero-order chi connectivity index (χ0) is 14.7. The smallest absolute Gasteiger partial charge is 0.204 e. The van der Waals surface area contributed by atoms with Crippen LogP contribution in [0.15, 0.2) is 15.6 Å². The quantitative estimate of drug-likeness (QED) is 0.479. The lowest BCUT2D eigenvalue weighted by molar-refractivity contribution is 0.101. The fourth-order valence-electron chi connectivity index (χ4n) is 1.90.